The van der Waals surface area contributed by atoms with Gasteiger partial charge in [0.25, 0.3) is 5.91 Å². The van der Waals surface area contributed by atoms with E-state index in [1.807, 2.05) is 36.1 Å². The van der Waals surface area contributed by atoms with Crippen LogP contribution in [0.25, 0.3) is 0 Å². The lowest BCUT2D eigenvalue weighted by Crippen LogP contribution is -2.41. The number of nitrogens with zero attached hydrogens (tertiary/aromatic N) is 1. The molecular formula is C22H26N2O4. The van der Waals surface area contributed by atoms with Gasteiger partial charge in [-0.2, -0.15) is 0 Å². The number of nitrogens with one attached hydrogen (secondary N) is 1. The number of methoxy groups -OCH3 is 2. The molecule has 0 aromatic heterocycles. The van der Waals surface area contributed by atoms with Gasteiger partial charge in [0.05, 0.1) is 19.9 Å². The molecule has 2 aromatic rings. The number of hydrogen-bond acceptors (Lipinski definition) is 4. The molecule has 0 saturated carbocycles. The van der Waals surface area contributed by atoms with Crippen molar-refractivity contribution in [1.29, 1.82) is 0 Å². The van der Waals surface area contributed by atoms with Gasteiger partial charge in [0.15, 0.2) is 0 Å². The first kappa shape index (κ1) is 19.7. The number of anilines is 1. The van der Waals surface area contributed by atoms with Crippen LogP contribution < -0.4 is 14.8 Å². The molecule has 1 aliphatic rings. The third-order valence-electron chi connectivity index (χ3n) is 5.08. The van der Waals surface area contributed by atoms with Crippen molar-refractivity contribution in [3.05, 3.63) is 53.6 Å². The van der Waals surface area contributed by atoms with Crippen LogP contribution in [0.4, 0.5) is 5.69 Å². The number of aryl methyl sites for hydroxylation is 1. The molecule has 1 heterocycles. The number of amides is 2. The lowest BCUT2D eigenvalue weighted by Gasteiger charge is -2.31. The Morgan fingerprint density at radius 1 is 1.04 bits per heavy atom. The van der Waals surface area contributed by atoms with Crippen molar-refractivity contribution in [3.63, 3.8) is 0 Å². The normalized spacial score (nSPS) is 14.5. The van der Waals surface area contributed by atoms with Gasteiger partial charge in [0, 0.05) is 30.6 Å². The molecule has 1 fully saturated rings. The van der Waals surface area contributed by atoms with E-state index in [0.717, 1.165) is 5.56 Å². The van der Waals surface area contributed by atoms with Crippen LogP contribution in [-0.4, -0.2) is 44.0 Å². The van der Waals surface area contributed by atoms with Crippen molar-refractivity contribution in [3.8, 4) is 11.5 Å². The van der Waals surface area contributed by atoms with Gasteiger partial charge in [0.1, 0.15) is 11.5 Å². The van der Waals surface area contributed by atoms with Crippen molar-refractivity contribution in [2.45, 2.75) is 19.8 Å². The minimum atomic E-state index is -0.141. The Morgan fingerprint density at radius 3 is 2.43 bits per heavy atom. The minimum absolute atomic E-state index is 0.0250. The van der Waals surface area contributed by atoms with Crippen LogP contribution in [0.15, 0.2) is 42.5 Å². The molecule has 6 nitrogen and oxygen atoms in total. The molecule has 0 unspecified atom stereocenters. The van der Waals surface area contributed by atoms with Crippen LogP contribution in [0.2, 0.25) is 0 Å². The van der Waals surface area contributed by atoms with Crippen LogP contribution in [0, 0.1) is 12.8 Å². The molecule has 148 valence electrons. The van der Waals surface area contributed by atoms with Gasteiger partial charge < -0.3 is 19.7 Å². The lowest BCUT2D eigenvalue weighted by molar-refractivity contribution is -0.121. The Hall–Kier alpha value is -3.02. The molecule has 28 heavy (non-hydrogen) atoms. The highest BCUT2D eigenvalue weighted by molar-refractivity contribution is 5.96. The van der Waals surface area contributed by atoms with E-state index < -0.39 is 0 Å². The molecule has 0 bridgehead atoms. The fraction of sp³-hybridized carbons (Fsp3) is 0.364. The van der Waals surface area contributed by atoms with Crippen LogP contribution in [-0.2, 0) is 4.79 Å². The molecule has 0 atom stereocenters. The van der Waals surface area contributed by atoms with Crippen molar-refractivity contribution in [1.82, 2.24) is 4.90 Å². The summed E-state index contributed by atoms with van der Waals surface area (Å²) in [7, 11) is 3.14. The van der Waals surface area contributed by atoms with E-state index >= 15 is 0 Å². The van der Waals surface area contributed by atoms with Crippen LogP contribution in [0.3, 0.4) is 0 Å². The Kier molecular flexibility index (Phi) is 6.19. The van der Waals surface area contributed by atoms with Crippen LogP contribution >= 0.6 is 0 Å². The zero-order valence-electron chi connectivity index (χ0n) is 16.5. The topological polar surface area (TPSA) is 67.9 Å². The first-order valence-corrected chi connectivity index (χ1v) is 9.40. The standard InChI is InChI=1S/C22H26N2O4/c1-15-5-4-6-17(13-15)22(26)24-11-9-16(10-12-24)21(25)23-19-14-18(27-2)7-8-20(19)28-3/h4-8,13-14,16H,9-12H2,1-3H3,(H,23,25). The molecule has 0 radical (unpaired) electrons. The molecule has 1 aliphatic heterocycles. The minimum Gasteiger partial charge on any atom is -0.497 e. The number of carbonyl (C=O) groups is 2. The summed E-state index contributed by atoms with van der Waals surface area (Å²) >= 11 is 0. The zero-order valence-corrected chi connectivity index (χ0v) is 16.5. The molecule has 3 rings (SSSR count). The summed E-state index contributed by atoms with van der Waals surface area (Å²) in [5.41, 5.74) is 2.35. The summed E-state index contributed by atoms with van der Waals surface area (Å²) in [6.07, 6.45) is 1.27. The number of rotatable bonds is 5. The number of benzene rings is 2. The third kappa shape index (κ3) is 4.44. The Bertz CT molecular complexity index is 857. The van der Waals surface area contributed by atoms with Gasteiger partial charge in [-0.1, -0.05) is 17.7 Å². The summed E-state index contributed by atoms with van der Waals surface area (Å²) in [6, 6.07) is 12.9. The Balaban J connectivity index is 1.60. The maximum absolute atomic E-state index is 12.7. The quantitative estimate of drug-likeness (QED) is 0.859. The average Bonchev–Trinajstić information content (AvgIpc) is 2.73. The second-order valence-corrected chi connectivity index (χ2v) is 6.99. The number of piperidine rings is 1. The van der Waals surface area contributed by atoms with Crippen molar-refractivity contribution in [2.24, 2.45) is 5.92 Å². The van der Waals surface area contributed by atoms with Gasteiger partial charge in [-0.05, 0) is 44.0 Å². The zero-order chi connectivity index (χ0) is 20.1. The first-order valence-electron chi connectivity index (χ1n) is 9.40. The predicted molar refractivity (Wildman–Crippen MR) is 108 cm³/mol. The third-order valence-corrected chi connectivity index (χ3v) is 5.08. The second kappa shape index (κ2) is 8.78. The molecule has 0 spiro atoms. The lowest BCUT2D eigenvalue weighted by atomic mass is 9.95. The van der Waals surface area contributed by atoms with Gasteiger partial charge in [-0.25, -0.2) is 0 Å². The molecule has 2 aromatic carbocycles. The molecule has 6 heteroatoms. The molecule has 0 aliphatic carbocycles. The summed E-state index contributed by atoms with van der Waals surface area (Å²) in [6.45, 7) is 3.11. The van der Waals surface area contributed by atoms with Gasteiger partial charge in [-0.3, -0.25) is 9.59 Å². The summed E-state index contributed by atoms with van der Waals surface area (Å²) in [5.74, 6) is 1.06. The largest absolute Gasteiger partial charge is 0.497 e. The maximum atomic E-state index is 12.7. The van der Waals surface area contributed by atoms with Gasteiger partial charge in [0.2, 0.25) is 5.91 Å². The Morgan fingerprint density at radius 2 is 1.79 bits per heavy atom. The van der Waals surface area contributed by atoms with E-state index in [2.05, 4.69) is 5.32 Å². The highest BCUT2D eigenvalue weighted by Gasteiger charge is 2.28. The number of carbonyl (C=O) groups excluding carboxylic acids is 2. The smallest absolute Gasteiger partial charge is 0.253 e. The summed E-state index contributed by atoms with van der Waals surface area (Å²) < 4.78 is 10.5. The van der Waals surface area contributed by atoms with E-state index in [4.69, 9.17) is 9.47 Å². The highest BCUT2D eigenvalue weighted by Crippen LogP contribution is 2.30. The molecule has 1 N–H and O–H groups in total. The van der Waals surface area contributed by atoms with Crippen molar-refractivity contribution in [2.75, 3.05) is 32.6 Å². The number of likely N-dealkylation sites (tertiary alicyclic amines) is 1. The monoisotopic (exact) mass is 382 g/mol. The van der Waals surface area contributed by atoms with Crippen molar-refractivity contribution < 1.29 is 19.1 Å². The van der Waals surface area contributed by atoms with Crippen LogP contribution in [0.1, 0.15) is 28.8 Å². The predicted octanol–water partition coefficient (Wildman–Crippen LogP) is 3.50. The molecule has 1 saturated heterocycles. The second-order valence-electron chi connectivity index (χ2n) is 6.99. The average molecular weight is 382 g/mol. The van der Waals surface area contributed by atoms with E-state index in [1.165, 1.54) is 0 Å². The van der Waals surface area contributed by atoms with Gasteiger partial charge >= 0.3 is 0 Å². The number of hydrogen-bond donors (Lipinski definition) is 1. The highest BCUT2D eigenvalue weighted by atomic mass is 16.5. The van der Waals surface area contributed by atoms with E-state index in [0.29, 0.717) is 48.7 Å². The summed E-state index contributed by atoms with van der Waals surface area (Å²) in [4.78, 5) is 27.2. The first-order chi connectivity index (χ1) is 13.5. The SMILES string of the molecule is COc1ccc(OC)c(NC(=O)C2CCN(C(=O)c3cccc(C)c3)CC2)c1. The number of ether oxygens (including phenoxy) is 2. The van der Waals surface area contributed by atoms with E-state index in [1.54, 1.807) is 32.4 Å². The fourth-order valence-electron chi connectivity index (χ4n) is 3.45. The summed E-state index contributed by atoms with van der Waals surface area (Å²) in [5, 5.41) is 2.94. The maximum Gasteiger partial charge on any atom is 0.253 e. The van der Waals surface area contributed by atoms with Gasteiger partial charge in [-0.15, -0.1) is 0 Å². The fourth-order valence-corrected chi connectivity index (χ4v) is 3.45. The van der Waals surface area contributed by atoms with E-state index in [-0.39, 0.29) is 17.7 Å². The van der Waals surface area contributed by atoms with Crippen LogP contribution in [0.5, 0.6) is 11.5 Å². The molecule has 2 amide bonds. The van der Waals surface area contributed by atoms with E-state index in [9.17, 15) is 9.59 Å². The van der Waals surface area contributed by atoms with Crippen molar-refractivity contribution >= 4 is 17.5 Å². The Labute approximate surface area is 165 Å². The molecular weight excluding hydrogens is 356 g/mol.